The first-order chi connectivity index (χ1) is 6.94. The molecule has 0 radical (unpaired) electrons. The second-order valence-electron chi connectivity index (χ2n) is 4.17. The van der Waals surface area contributed by atoms with Crippen LogP contribution in [0.2, 0.25) is 0 Å². The first-order valence-electron chi connectivity index (χ1n) is 4.79. The van der Waals surface area contributed by atoms with E-state index in [0.717, 1.165) is 0 Å². The predicted octanol–water partition coefficient (Wildman–Crippen LogP) is -1.21. The van der Waals surface area contributed by atoms with E-state index in [1.807, 2.05) is 0 Å². The fraction of sp³-hybridized carbons (Fsp3) is 0.889. The SMILES string of the molecule is CC1(C)O[C@@H]2[C@@H]([C@@H](O)CO)OC(=O)[C@@H]2O1. The minimum Gasteiger partial charge on any atom is -0.455 e. The van der Waals surface area contributed by atoms with Crippen molar-refractivity contribution < 1.29 is 29.2 Å². The van der Waals surface area contributed by atoms with Gasteiger partial charge in [-0.15, -0.1) is 0 Å². The Balaban J connectivity index is 2.16. The van der Waals surface area contributed by atoms with Crippen molar-refractivity contribution in [1.29, 1.82) is 0 Å². The average Bonchev–Trinajstić information content (AvgIpc) is 2.61. The molecular weight excluding hydrogens is 204 g/mol. The van der Waals surface area contributed by atoms with Crippen LogP contribution in [0.25, 0.3) is 0 Å². The van der Waals surface area contributed by atoms with Crippen molar-refractivity contribution in [2.75, 3.05) is 6.61 Å². The number of aliphatic hydroxyl groups is 2. The molecule has 0 aliphatic carbocycles. The Morgan fingerprint density at radius 3 is 2.73 bits per heavy atom. The number of rotatable bonds is 2. The highest BCUT2D eigenvalue weighted by Gasteiger charge is 2.57. The Bertz CT molecular complexity index is 276. The summed E-state index contributed by atoms with van der Waals surface area (Å²) in [5, 5.41) is 18.2. The second kappa shape index (κ2) is 3.41. The van der Waals surface area contributed by atoms with Gasteiger partial charge < -0.3 is 24.4 Å². The Morgan fingerprint density at radius 2 is 2.13 bits per heavy atom. The van der Waals surface area contributed by atoms with Gasteiger partial charge in [-0.05, 0) is 13.8 Å². The van der Waals surface area contributed by atoms with Crippen LogP contribution in [0.5, 0.6) is 0 Å². The quantitative estimate of drug-likeness (QED) is 0.565. The number of fused-ring (bicyclic) bond motifs is 1. The number of hydrogen-bond donors (Lipinski definition) is 2. The highest BCUT2D eigenvalue weighted by atomic mass is 16.8. The fourth-order valence-corrected chi connectivity index (χ4v) is 1.88. The lowest BCUT2D eigenvalue weighted by atomic mass is 10.1. The van der Waals surface area contributed by atoms with Gasteiger partial charge in [0.25, 0.3) is 0 Å². The molecule has 0 saturated carbocycles. The minimum absolute atomic E-state index is 0.481. The third-order valence-corrected chi connectivity index (χ3v) is 2.50. The van der Waals surface area contributed by atoms with Crippen molar-refractivity contribution >= 4 is 5.97 Å². The maximum absolute atomic E-state index is 11.4. The van der Waals surface area contributed by atoms with E-state index in [9.17, 15) is 9.90 Å². The molecule has 2 N–H and O–H groups in total. The van der Waals surface area contributed by atoms with E-state index in [1.54, 1.807) is 13.8 Å². The topological polar surface area (TPSA) is 85.2 Å². The van der Waals surface area contributed by atoms with E-state index in [0.29, 0.717) is 0 Å². The zero-order valence-electron chi connectivity index (χ0n) is 8.54. The monoisotopic (exact) mass is 218 g/mol. The Labute approximate surface area is 86.7 Å². The molecule has 0 spiro atoms. The van der Waals surface area contributed by atoms with Crippen molar-refractivity contribution in [3.05, 3.63) is 0 Å². The molecule has 0 aromatic heterocycles. The summed E-state index contributed by atoms with van der Waals surface area (Å²) in [6, 6.07) is 0. The summed E-state index contributed by atoms with van der Waals surface area (Å²) in [4.78, 5) is 11.4. The number of esters is 1. The van der Waals surface area contributed by atoms with Crippen molar-refractivity contribution in [3.63, 3.8) is 0 Å². The normalized spacial score (nSPS) is 40.0. The summed E-state index contributed by atoms with van der Waals surface area (Å²) in [7, 11) is 0. The van der Waals surface area contributed by atoms with E-state index in [4.69, 9.17) is 19.3 Å². The molecule has 0 bridgehead atoms. The first-order valence-corrected chi connectivity index (χ1v) is 4.79. The molecule has 2 aliphatic heterocycles. The molecule has 0 unspecified atom stereocenters. The Kier molecular flexibility index (Phi) is 2.46. The lowest BCUT2D eigenvalue weighted by molar-refractivity contribution is -0.195. The van der Waals surface area contributed by atoms with Crippen LogP contribution in [0.15, 0.2) is 0 Å². The van der Waals surface area contributed by atoms with Crippen molar-refractivity contribution in [2.24, 2.45) is 0 Å². The molecule has 6 heteroatoms. The highest BCUT2D eigenvalue weighted by molar-refractivity contribution is 5.78. The third-order valence-electron chi connectivity index (χ3n) is 2.50. The van der Waals surface area contributed by atoms with Crippen molar-refractivity contribution in [2.45, 2.75) is 44.1 Å². The molecule has 0 aromatic rings. The largest absolute Gasteiger partial charge is 0.455 e. The van der Waals surface area contributed by atoms with Gasteiger partial charge in [0, 0.05) is 0 Å². The van der Waals surface area contributed by atoms with E-state index in [-0.39, 0.29) is 0 Å². The van der Waals surface area contributed by atoms with Crippen molar-refractivity contribution in [1.82, 2.24) is 0 Å². The number of cyclic esters (lactones) is 1. The number of ether oxygens (including phenoxy) is 3. The molecule has 0 aromatic carbocycles. The van der Waals surface area contributed by atoms with Crippen LogP contribution in [0.1, 0.15) is 13.8 Å². The molecule has 2 rings (SSSR count). The lowest BCUT2D eigenvalue weighted by Crippen LogP contribution is -2.40. The van der Waals surface area contributed by atoms with E-state index < -0.39 is 42.8 Å². The summed E-state index contributed by atoms with van der Waals surface area (Å²) in [6.07, 6.45) is -3.43. The highest BCUT2D eigenvalue weighted by Crippen LogP contribution is 2.36. The van der Waals surface area contributed by atoms with E-state index in [2.05, 4.69) is 0 Å². The van der Waals surface area contributed by atoms with Gasteiger partial charge in [-0.3, -0.25) is 0 Å². The molecule has 2 saturated heterocycles. The van der Waals surface area contributed by atoms with Gasteiger partial charge in [0.05, 0.1) is 6.61 Å². The summed E-state index contributed by atoms with van der Waals surface area (Å²) >= 11 is 0. The molecule has 2 heterocycles. The summed E-state index contributed by atoms with van der Waals surface area (Å²) in [6.45, 7) is 2.88. The van der Waals surface area contributed by atoms with Crippen LogP contribution in [0, 0.1) is 0 Å². The van der Waals surface area contributed by atoms with Crippen LogP contribution in [-0.2, 0) is 19.0 Å². The number of hydrogen-bond acceptors (Lipinski definition) is 6. The van der Waals surface area contributed by atoms with Gasteiger partial charge in [-0.25, -0.2) is 4.79 Å². The molecule has 2 fully saturated rings. The van der Waals surface area contributed by atoms with Crippen molar-refractivity contribution in [3.8, 4) is 0 Å². The van der Waals surface area contributed by atoms with Gasteiger partial charge in [-0.2, -0.15) is 0 Å². The number of carbonyl (C=O) groups is 1. The van der Waals surface area contributed by atoms with Crippen LogP contribution in [0.3, 0.4) is 0 Å². The van der Waals surface area contributed by atoms with Crippen LogP contribution in [0.4, 0.5) is 0 Å². The summed E-state index contributed by atoms with van der Waals surface area (Å²) in [5.74, 6) is -1.41. The lowest BCUT2D eigenvalue weighted by Gasteiger charge is -2.23. The van der Waals surface area contributed by atoms with Crippen LogP contribution in [-0.4, -0.2) is 53.0 Å². The fourth-order valence-electron chi connectivity index (χ4n) is 1.88. The molecule has 4 atom stereocenters. The zero-order chi connectivity index (χ0) is 11.2. The van der Waals surface area contributed by atoms with Gasteiger partial charge in [-0.1, -0.05) is 0 Å². The molecule has 86 valence electrons. The summed E-state index contributed by atoms with van der Waals surface area (Å²) < 4.78 is 15.6. The van der Waals surface area contributed by atoms with E-state index in [1.165, 1.54) is 0 Å². The van der Waals surface area contributed by atoms with Gasteiger partial charge in [0.1, 0.15) is 12.2 Å². The maximum Gasteiger partial charge on any atom is 0.338 e. The molecular formula is C9H14O6. The molecule has 0 amide bonds. The maximum atomic E-state index is 11.4. The smallest absolute Gasteiger partial charge is 0.338 e. The van der Waals surface area contributed by atoms with E-state index >= 15 is 0 Å². The molecule has 2 aliphatic rings. The second-order valence-corrected chi connectivity index (χ2v) is 4.17. The number of carbonyl (C=O) groups excluding carboxylic acids is 1. The van der Waals surface area contributed by atoms with Crippen LogP contribution < -0.4 is 0 Å². The predicted molar refractivity (Wildman–Crippen MR) is 46.8 cm³/mol. The van der Waals surface area contributed by atoms with Crippen LogP contribution >= 0.6 is 0 Å². The van der Waals surface area contributed by atoms with Gasteiger partial charge in [0.2, 0.25) is 0 Å². The Morgan fingerprint density at radius 1 is 1.47 bits per heavy atom. The molecule has 15 heavy (non-hydrogen) atoms. The number of aliphatic hydroxyl groups excluding tert-OH is 2. The Hall–Kier alpha value is -0.690. The third kappa shape index (κ3) is 1.74. The van der Waals surface area contributed by atoms with Gasteiger partial charge >= 0.3 is 5.97 Å². The first kappa shape index (κ1) is 10.8. The molecule has 6 nitrogen and oxygen atoms in total. The van der Waals surface area contributed by atoms with Gasteiger partial charge in [0.15, 0.2) is 18.0 Å². The zero-order valence-corrected chi connectivity index (χ0v) is 8.54. The average molecular weight is 218 g/mol. The standard InChI is InChI=1S/C9H14O6/c1-9(2)14-6-5(4(11)3-10)13-8(12)7(6)15-9/h4-7,10-11H,3H2,1-2H3/t4-,5+,6+,7+/m0/s1. The summed E-state index contributed by atoms with van der Waals surface area (Å²) in [5.41, 5.74) is 0. The minimum atomic E-state index is -1.14.